The summed E-state index contributed by atoms with van der Waals surface area (Å²) < 4.78 is 0.956. The predicted molar refractivity (Wildman–Crippen MR) is 61.5 cm³/mol. The molecule has 0 heterocycles. The van der Waals surface area contributed by atoms with E-state index >= 15 is 0 Å². The summed E-state index contributed by atoms with van der Waals surface area (Å²) in [5.41, 5.74) is 0.531. The zero-order chi connectivity index (χ0) is 10.1. The van der Waals surface area contributed by atoms with Crippen LogP contribution in [-0.2, 0) is 0 Å². The molecule has 0 aromatic heterocycles. The summed E-state index contributed by atoms with van der Waals surface area (Å²) in [6.07, 6.45) is 0. The summed E-state index contributed by atoms with van der Waals surface area (Å²) in [7, 11) is -1.42. The Labute approximate surface area is 90.5 Å². The van der Waals surface area contributed by atoms with Gasteiger partial charge in [0, 0.05) is 4.47 Å². The number of fused-ring (bicyclic) bond motifs is 1. The Balaban J connectivity index is 2.81. The van der Waals surface area contributed by atoms with Crippen molar-refractivity contribution in [3.05, 3.63) is 40.9 Å². The summed E-state index contributed by atoms with van der Waals surface area (Å²) in [5.74, 6) is 0. The molecule has 0 amide bonds. The van der Waals surface area contributed by atoms with Crippen molar-refractivity contribution in [2.75, 3.05) is 0 Å². The maximum Gasteiger partial charge on any atom is 0.489 e. The van der Waals surface area contributed by atoms with Crippen LogP contribution in [-0.4, -0.2) is 17.2 Å². The van der Waals surface area contributed by atoms with Gasteiger partial charge in [0.2, 0.25) is 0 Å². The Hall–Kier alpha value is -0.835. The average Bonchev–Trinajstić information content (AvgIpc) is 2.17. The maximum atomic E-state index is 9.15. The molecule has 0 fully saturated rings. The van der Waals surface area contributed by atoms with Crippen molar-refractivity contribution >= 4 is 39.3 Å². The summed E-state index contributed by atoms with van der Waals surface area (Å²) >= 11 is 3.42. The van der Waals surface area contributed by atoms with Crippen molar-refractivity contribution in [1.82, 2.24) is 0 Å². The van der Waals surface area contributed by atoms with E-state index in [2.05, 4.69) is 15.9 Å². The minimum absolute atomic E-state index is 0.531. The Kier molecular flexibility index (Phi) is 2.59. The van der Waals surface area contributed by atoms with Gasteiger partial charge in [-0.15, -0.1) is 0 Å². The average molecular weight is 251 g/mol. The monoisotopic (exact) mass is 250 g/mol. The zero-order valence-electron chi connectivity index (χ0n) is 7.31. The third kappa shape index (κ3) is 1.56. The fourth-order valence-electron chi connectivity index (χ4n) is 1.52. The highest BCUT2D eigenvalue weighted by Crippen LogP contribution is 2.22. The van der Waals surface area contributed by atoms with Crippen LogP contribution in [0.4, 0.5) is 0 Å². The molecule has 0 spiro atoms. The van der Waals surface area contributed by atoms with Gasteiger partial charge < -0.3 is 10.0 Å². The first-order valence-electron chi connectivity index (χ1n) is 4.23. The number of hydrogen-bond acceptors (Lipinski definition) is 2. The molecule has 2 aromatic carbocycles. The standard InChI is InChI=1S/C10H8BBrO2/c12-10-6-2-3-7-8(10)4-1-5-9(7)11(13)14/h1-6,13-14H. The molecule has 0 radical (unpaired) electrons. The fraction of sp³-hybridized carbons (Fsp3) is 0. The normalized spacial score (nSPS) is 10.5. The lowest BCUT2D eigenvalue weighted by molar-refractivity contribution is 0.426. The Morgan fingerprint density at radius 2 is 1.57 bits per heavy atom. The van der Waals surface area contributed by atoms with Crippen molar-refractivity contribution in [1.29, 1.82) is 0 Å². The third-order valence-electron chi connectivity index (χ3n) is 2.18. The van der Waals surface area contributed by atoms with Crippen LogP contribution in [0.3, 0.4) is 0 Å². The Bertz CT molecular complexity index is 471. The first-order chi connectivity index (χ1) is 6.70. The second kappa shape index (κ2) is 3.73. The van der Waals surface area contributed by atoms with Crippen LogP contribution >= 0.6 is 15.9 Å². The van der Waals surface area contributed by atoms with Gasteiger partial charge in [-0.1, -0.05) is 46.3 Å². The molecule has 0 atom stereocenters. The molecule has 0 aliphatic rings. The number of halogens is 1. The maximum absolute atomic E-state index is 9.15. The van der Waals surface area contributed by atoms with Gasteiger partial charge in [0.1, 0.15) is 0 Å². The Morgan fingerprint density at radius 1 is 0.929 bits per heavy atom. The lowest BCUT2D eigenvalue weighted by Crippen LogP contribution is -2.30. The van der Waals surface area contributed by atoms with Gasteiger partial charge in [0.05, 0.1) is 0 Å². The smallest absolute Gasteiger partial charge is 0.423 e. The zero-order valence-corrected chi connectivity index (χ0v) is 8.90. The summed E-state index contributed by atoms with van der Waals surface area (Å²) in [4.78, 5) is 0. The van der Waals surface area contributed by atoms with E-state index in [9.17, 15) is 0 Å². The molecule has 0 saturated heterocycles. The van der Waals surface area contributed by atoms with Gasteiger partial charge in [0.25, 0.3) is 0 Å². The molecule has 0 bridgehead atoms. The number of benzene rings is 2. The lowest BCUT2D eigenvalue weighted by atomic mass is 9.77. The van der Waals surface area contributed by atoms with E-state index < -0.39 is 7.12 Å². The molecule has 0 unspecified atom stereocenters. The molecule has 70 valence electrons. The minimum Gasteiger partial charge on any atom is -0.423 e. The number of rotatable bonds is 1. The van der Waals surface area contributed by atoms with Crippen LogP contribution in [0.1, 0.15) is 0 Å². The fourth-order valence-corrected chi connectivity index (χ4v) is 2.02. The first-order valence-corrected chi connectivity index (χ1v) is 5.03. The van der Waals surface area contributed by atoms with Crippen molar-refractivity contribution in [3.63, 3.8) is 0 Å². The van der Waals surface area contributed by atoms with Crippen molar-refractivity contribution in [2.45, 2.75) is 0 Å². The summed E-state index contributed by atoms with van der Waals surface area (Å²) in [6.45, 7) is 0. The van der Waals surface area contributed by atoms with E-state index in [-0.39, 0.29) is 0 Å². The molecular weight excluding hydrogens is 243 g/mol. The summed E-state index contributed by atoms with van der Waals surface area (Å²) in [6, 6.07) is 11.1. The van der Waals surface area contributed by atoms with Crippen LogP contribution in [0.25, 0.3) is 10.8 Å². The molecule has 0 aliphatic heterocycles. The highest BCUT2D eigenvalue weighted by atomic mass is 79.9. The predicted octanol–water partition coefficient (Wildman–Crippen LogP) is 1.28. The second-order valence-electron chi connectivity index (χ2n) is 3.06. The third-order valence-corrected chi connectivity index (χ3v) is 2.87. The SMILES string of the molecule is OB(O)c1cccc2c(Br)cccc12. The second-order valence-corrected chi connectivity index (χ2v) is 3.91. The Morgan fingerprint density at radius 3 is 2.29 bits per heavy atom. The van der Waals surface area contributed by atoms with Gasteiger partial charge in [-0.3, -0.25) is 0 Å². The highest BCUT2D eigenvalue weighted by molar-refractivity contribution is 9.10. The quantitative estimate of drug-likeness (QED) is 0.749. The van der Waals surface area contributed by atoms with Crippen LogP contribution in [0.5, 0.6) is 0 Å². The molecule has 2 nitrogen and oxygen atoms in total. The topological polar surface area (TPSA) is 40.5 Å². The molecule has 0 aliphatic carbocycles. The lowest BCUT2D eigenvalue weighted by Gasteiger charge is -2.06. The number of hydrogen-bond donors (Lipinski definition) is 2. The van der Waals surface area contributed by atoms with Crippen molar-refractivity contribution in [3.8, 4) is 0 Å². The van der Waals surface area contributed by atoms with E-state index in [4.69, 9.17) is 10.0 Å². The molecular formula is C10H8BBrO2. The van der Waals surface area contributed by atoms with Gasteiger partial charge in [-0.05, 0) is 22.3 Å². The minimum atomic E-state index is -1.42. The van der Waals surface area contributed by atoms with Gasteiger partial charge in [-0.25, -0.2) is 0 Å². The van der Waals surface area contributed by atoms with Crippen molar-refractivity contribution < 1.29 is 10.0 Å². The van der Waals surface area contributed by atoms with Crippen LogP contribution in [0.15, 0.2) is 40.9 Å². The van der Waals surface area contributed by atoms with E-state index in [0.717, 1.165) is 15.2 Å². The van der Waals surface area contributed by atoms with Crippen LogP contribution in [0, 0.1) is 0 Å². The molecule has 4 heteroatoms. The van der Waals surface area contributed by atoms with E-state index in [1.165, 1.54) is 0 Å². The van der Waals surface area contributed by atoms with Crippen molar-refractivity contribution in [2.24, 2.45) is 0 Å². The summed E-state index contributed by atoms with van der Waals surface area (Å²) in [5, 5.41) is 20.1. The first kappa shape index (κ1) is 9.71. The van der Waals surface area contributed by atoms with Crippen LogP contribution < -0.4 is 5.46 Å². The largest absolute Gasteiger partial charge is 0.489 e. The van der Waals surface area contributed by atoms with Gasteiger partial charge in [0.15, 0.2) is 0 Å². The van der Waals surface area contributed by atoms with Crippen LogP contribution in [0.2, 0.25) is 0 Å². The van der Waals surface area contributed by atoms with Gasteiger partial charge >= 0.3 is 7.12 Å². The molecule has 0 saturated carbocycles. The molecule has 2 N–H and O–H groups in total. The van der Waals surface area contributed by atoms with E-state index in [1.54, 1.807) is 6.07 Å². The molecule has 2 rings (SSSR count). The van der Waals surface area contributed by atoms with Gasteiger partial charge in [-0.2, -0.15) is 0 Å². The van der Waals surface area contributed by atoms with E-state index in [1.807, 2.05) is 30.3 Å². The van der Waals surface area contributed by atoms with E-state index in [0.29, 0.717) is 5.46 Å². The molecule has 2 aromatic rings. The molecule has 14 heavy (non-hydrogen) atoms. The highest BCUT2D eigenvalue weighted by Gasteiger charge is 2.14.